The Labute approximate surface area is 156 Å². The van der Waals surface area contributed by atoms with Crippen LogP contribution in [-0.4, -0.2) is 25.6 Å². The van der Waals surface area contributed by atoms with Crippen molar-refractivity contribution in [3.63, 3.8) is 0 Å². The summed E-state index contributed by atoms with van der Waals surface area (Å²) in [5.41, 5.74) is 17.3. The fourth-order valence-electron chi connectivity index (χ4n) is 4.16. The molecule has 5 rings (SSSR count). The number of aromatic nitrogens is 4. The maximum Gasteiger partial charge on any atom is 0.177 e. The highest BCUT2D eigenvalue weighted by atomic mass is 15.3. The lowest BCUT2D eigenvalue weighted by Crippen LogP contribution is -2.26. The minimum absolute atomic E-state index is 0.290. The van der Waals surface area contributed by atoms with E-state index in [1.54, 1.807) is 10.7 Å². The summed E-state index contributed by atoms with van der Waals surface area (Å²) in [6, 6.07) is 8.58. The second-order valence-electron chi connectivity index (χ2n) is 7.39. The first-order valence-electron chi connectivity index (χ1n) is 9.41. The van der Waals surface area contributed by atoms with E-state index >= 15 is 0 Å². The van der Waals surface area contributed by atoms with E-state index in [1.807, 2.05) is 12.4 Å². The third-order valence-electron chi connectivity index (χ3n) is 5.61. The zero-order valence-electron chi connectivity index (χ0n) is 15.0. The first-order valence-corrected chi connectivity index (χ1v) is 9.41. The Balaban J connectivity index is 1.59. The first kappa shape index (κ1) is 16.1. The fourth-order valence-corrected chi connectivity index (χ4v) is 4.16. The molecule has 0 amide bonds. The van der Waals surface area contributed by atoms with Crippen LogP contribution < -0.4 is 16.8 Å². The van der Waals surface area contributed by atoms with Gasteiger partial charge >= 0.3 is 0 Å². The summed E-state index contributed by atoms with van der Waals surface area (Å²) in [6.45, 7) is 0. The van der Waals surface area contributed by atoms with Crippen LogP contribution >= 0.6 is 0 Å². The van der Waals surface area contributed by atoms with Gasteiger partial charge in [0.25, 0.3) is 0 Å². The van der Waals surface area contributed by atoms with Crippen molar-refractivity contribution in [1.29, 1.82) is 0 Å². The highest BCUT2D eigenvalue weighted by Crippen LogP contribution is 2.40. The number of hydrogen-bond acceptors (Lipinski definition) is 5. The van der Waals surface area contributed by atoms with Crippen LogP contribution in [0.3, 0.4) is 0 Å². The molecule has 1 aliphatic carbocycles. The normalized spacial score (nSPS) is 20.3. The number of nitrogens with one attached hydrogen (secondary N) is 2. The summed E-state index contributed by atoms with van der Waals surface area (Å²) in [5, 5.41) is 9.43. The predicted molar refractivity (Wildman–Crippen MR) is 108 cm³/mol. The average Bonchev–Trinajstić information content (AvgIpc) is 3.32. The number of imidazole rings is 1. The van der Waals surface area contributed by atoms with Crippen molar-refractivity contribution in [3.05, 3.63) is 48.4 Å². The molecule has 4 aromatic rings. The van der Waals surface area contributed by atoms with E-state index in [9.17, 15) is 0 Å². The van der Waals surface area contributed by atoms with Gasteiger partial charge in [-0.3, -0.25) is 0 Å². The SMILES string of the molecule is Nc1c2nccn2nc(Nc2ccc3[nH]ccc3c2)c1[C@H]1CC[C@H](N)CC1. The molecule has 6 N–H and O–H groups in total. The van der Waals surface area contributed by atoms with Gasteiger partial charge in [0, 0.05) is 46.8 Å². The third kappa shape index (κ3) is 2.80. The number of nitrogen functional groups attached to an aromatic ring is 1. The van der Waals surface area contributed by atoms with Crippen LogP contribution in [0.5, 0.6) is 0 Å². The predicted octanol–water partition coefficient (Wildman–Crippen LogP) is 3.52. The number of hydrogen-bond donors (Lipinski definition) is 4. The highest BCUT2D eigenvalue weighted by Gasteiger charge is 2.27. The van der Waals surface area contributed by atoms with Gasteiger partial charge in [-0.1, -0.05) is 0 Å². The molecule has 0 saturated heterocycles. The van der Waals surface area contributed by atoms with Crippen molar-refractivity contribution < 1.29 is 0 Å². The van der Waals surface area contributed by atoms with E-state index in [0.717, 1.165) is 53.7 Å². The van der Waals surface area contributed by atoms with Gasteiger partial charge in [-0.15, -0.1) is 5.10 Å². The molecule has 7 nitrogen and oxygen atoms in total. The van der Waals surface area contributed by atoms with Crippen molar-refractivity contribution >= 4 is 33.7 Å². The summed E-state index contributed by atoms with van der Waals surface area (Å²) in [7, 11) is 0. The van der Waals surface area contributed by atoms with Gasteiger partial charge in [0.1, 0.15) is 0 Å². The Kier molecular flexibility index (Phi) is 3.75. The summed E-state index contributed by atoms with van der Waals surface area (Å²) >= 11 is 0. The number of nitrogens with two attached hydrogens (primary N) is 2. The van der Waals surface area contributed by atoms with Gasteiger partial charge < -0.3 is 21.8 Å². The van der Waals surface area contributed by atoms with Crippen molar-refractivity contribution in [1.82, 2.24) is 19.6 Å². The Hall–Kier alpha value is -3.06. The summed E-state index contributed by atoms with van der Waals surface area (Å²) in [5.74, 6) is 1.14. The Morgan fingerprint density at radius 2 is 2.00 bits per heavy atom. The average molecular weight is 361 g/mol. The van der Waals surface area contributed by atoms with Crippen molar-refractivity contribution in [3.8, 4) is 0 Å². The van der Waals surface area contributed by atoms with E-state index in [0.29, 0.717) is 17.3 Å². The number of fused-ring (bicyclic) bond motifs is 2. The molecule has 0 spiro atoms. The van der Waals surface area contributed by atoms with Crippen molar-refractivity contribution in [2.24, 2.45) is 5.73 Å². The maximum atomic E-state index is 6.56. The van der Waals surface area contributed by atoms with Crippen LogP contribution in [0, 0.1) is 0 Å². The number of H-pyrrole nitrogens is 1. The molecule has 3 heterocycles. The topological polar surface area (TPSA) is 110 Å². The van der Waals surface area contributed by atoms with Crippen molar-refractivity contribution in [2.75, 3.05) is 11.1 Å². The smallest absolute Gasteiger partial charge is 0.177 e. The zero-order valence-corrected chi connectivity index (χ0v) is 15.0. The molecule has 7 heteroatoms. The Morgan fingerprint density at radius 3 is 2.85 bits per heavy atom. The van der Waals surface area contributed by atoms with Gasteiger partial charge in [0.2, 0.25) is 0 Å². The van der Waals surface area contributed by atoms with Gasteiger partial charge in [-0.2, -0.15) is 0 Å². The number of rotatable bonds is 3. The number of aromatic amines is 1. The molecular formula is C20H23N7. The Bertz CT molecular complexity index is 1100. The molecule has 0 radical (unpaired) electrons. The molecule has 0 atom stereocenters. The summed E-state index contributed by atoms with van der Waals surface area (Å²) in [4.78, 5) is 7.61. The molecule has 138 valence electrons. The second kappa shape index (κ2) is 6.28. The fraction of sp³-hybridized carbons (Fsp3) is 0.300. The van der Waals surface area contributed by atoms with Crippen LogP contribution in [0.25, 0.3) is 16.6 Å². The second-order valence-corrected chi connectivity index (χ2v) is 7.39. The minimum Gasteiger partial charge on any atom is -0.395 e. The van der Waals surface area contributed by atoms with E-state index in [1.165, 1.54) is 0 Å². The third-order valence-corrected chi connectivity index (χ3v) is 5.61. The van der Waals surface area contributed by atoms with Gasteiger partial charge in [0.05, 0.1) is 5.69 Å². The lowest BCUT2D eigenvalue weighted by molar-refractivity contribution is 0.396. The number of benzene rings is 1. The summed E-state index contributed by atoms with van der Waals surface area (Å²) < 4.78 is 1.74. The van der Waals surface area contributed by atoms with Crippen molar-refractivity contribution in [2.45, 2.75) is 37.6 Å². The number of anilines is 3. The van der Waals surface area contributed by atoms with Crippen LogP contribution in [0.2, 0.25) is 0 Å². The Morgan fingerprint density at radius 1 is 1.15 bits per heavy atom. The van der Waals surface area contributed by atoms with E-state index in [-0.39, 0.29) is 6.04 Å². The lowest BCUT2D eigenvalue weighted by Gasteiger charge is -2.28. The van der Waals surface area contributed by atoms with Gasteiger partial charge in [0.15, 0.2) is 11.5 Å². The molecule has 27 heavy (non-hydrogen) atoms. The summed E-state index contributed by atoms with van der Waals surface area (Å²) in [6.07, 6.45) is 9.57. The molecular weight excluding hydrogens is 338 g/mol. The van der Waals surface area contributed by atoms with E-state index < -0.39 is 0 Å². The number of nitrogens with zero attached hydrogens (tertiary/aromatic N) is 3. The molecule has 0 bridgehead atoms. The van der Waals surface area contributed by atoms with Crippen LogP contribution in [-0.2, 0) is 0 Å². The molecule has 3 aromatic heterocycles. The molecule has 1 saturated carbocycles. The lowest BCUT2D eigenvalue weighted by atomic mass is 9.81. The van der Waals surface area contributed by atoms with E-state index in [2.05, 4.69) is 39.6 Å². The quantitative estimate of drug-likeness (QED) is 0.446. The largest absolute Gasteiger partial charge is 0.395 e. The molecule has 1 fully saturated rings. The van der Waals surface area contributed by atoms with Crippen LogP contribution in [0.1, 0.15) is 37.2 Å². The van der Waals surface area contributed by atoms with Crippen LogP contribution in [0.4, 0.5) is 17.2 Å². The molecule has 1 aliphatic rings. The first-order chi connectivity index (χ1) is 13.2. The standard InChI is InChI=1S/C20H23N7/c21-14-3-1-12(2-4-14)17-18(22)20-24-9-10-27(20)26-19(17)25-15-5-6-16-13(11-15)7-8-23-16/h5-12,14,23H,1-4,21-22H2,(H,25,26)/t12-,14-. The molecule has 0 unspecified atom stereocenters. The zero-order chi connectivity index (χ0) is 18.4. The van der Waals surface area contributed by atoms with Gasteiger partial charge in [-0.25, -0.2) is 9.50 Å². The maximum absolute atomic E-state index is 6.56. The molecule has 0 aliphatic heterocycles. The minimum atomic E-state index is 0.290. The monoisotopic (exact) mass is 361 g/mol. The van der Waals surface area contributed by atoms with Crippen LogP contribution in [0.15, 0.2) is 42.9 Å². The molecule has 1 aromatic carbocycles. The van der Waals surface area contributed by atoms with E-state index in [4.69, 9.17) is 16.6 Å². The van der Waals surface area contributed by atoms with Gasteiger partial charge in [-0.05, 0) is 55.9 Å². The highest BCUT2D eigenvalue weighted by molar-refractivity contribution is 5.85.